The molecule has 0 heterocycles. The van der Waals surface area contributed by atoms with Gasteiger partial charge in [0.1, 0.15) is 11.5 Å². The van der Waals surface area contributed by atoms with Crippen LogP contribution in [0, 0.1) is 20.8 Å². The molecule has 1 atom stereocenters. The molecule has 0 aliphatic carbocycles. The largest absolute Gasteiger partial charge is 0.334 e. The third kappa shape index (κ3) is 6.66. The van der Waals surface area contributed by atoms with E-state index in [0.29, 0.717) is 13.1 Å². The van der Waals surface area contributed by atoms with E-state index < -0.39 is 10.8 Å². The van der Waals surface area contributed by atoms with E-state index in [-0.39, 0.29) is 23.3 Å². The van der Waals surface area contributed by atoms with Gasteiger partial charge in [0, 0.05) is 29.6 Å². The molecule has 1 aromatic rings. The highest BCUT2D eigenvalue weighted by Crippen LogP contribution is 2.21. The Hall–Kier alpha value is -2.21. The average molecular weight is 362 g/mol. The van der Waals surface area contributed by atoms with Gasteiger partial charge in [-0.1, -0.05) is 29.8 Å². The number of hydrogen-bond acceptors (Lipinski definition) is 3. The lowest BCUT2D eigenvalue weighted by molar-refractivity contribution is -0.127. The van der Waals surface area contributed by atoms with Crippen LogP contribution in [-0.4, -0.2) is 45.5 Å². The van der Waals surface area contributed by atoms with Gasteiger partial charge < -0.3 is 10.2 Å². The summed E-state index contributed by atoms with van der Waals surface area (Å²) < 4.78 is 12.1. The number of aryl methyl sites for hydroxylation is 3. The molecule has 0 aliphatic heterocycles. The van der Waals surface area contributed by atoms with Crippen LogP contribution in [0.5, 0.6) is 0 Å². The lowest BCUT2D eigenvalue weighted by Gasteiger charge is -2.19. The van der Waals surface area contributed by atoms with Gasteiger partial charge in [-0.3, -0.25) is 13.8 Å². The third-order valence-corrected chi connectivity index (χ3v) is 4.72. The summed E-state index contributed by atoms with van der Waals surface area (Å²) in [6, 6.07) is 3.96. The number of benzene rings is 1. The maximum Gasteiger partial charge on any atom is 0.237 e. The molecule has 25 heavy (non-hydrogen) atoms. The van der Waals surface area contributed by atoms with Gasteiger partial charge >= 0.3 is 0 Å². The van der Waals surface area contributed by atoms with Gasteiger partial charge in [0.25, 0.3) is 0 Å². The van der Waals surface area contributed by atoms with E-state index in [1.807, 2.05) is 32.9 Å². The normalized spacial score (nSPS) is 11.5. The van der Waals surface area contributed by atoms with Crippen LogP contribution >= 0.6 is 0 Å². The predicted molar refractivity (Wildman–Crippen MR) is 104 cm³/mol. The zero-order valence-corrected chi connectivity index (χ0v) is 15.9. The molecule has 0 saturated heterocycles. The molecule has 6 heteroatoms. The maximum atomic E-state index is 12.2. The lowest BCUT2D eigenvalue weighted by Crippen LogP contribution is -2.36. The molecule has 0 spiro atoms. The summed E-state index contributed by atoms with van der Waals surface area (Å²) in [7, 11) is -1.57. The summed E-state index contributed by atoms with van der Waals surface area (Å²) in [5, 5.41) is 2.80. The van der Waals surface area contributed by atoms with E-state index in [0.717, 1.165) is 22.4 Å². The number of hydrogen-bond donors (Lipinski definition) is 1. The molecule has 0 fully saturated rings. The van der Waals surface area contributed by atoms with Crippen molar-refractivity contribution in [2.45, 2.75) is 20.8 Å². The second kappa shape index (κ2) is 9.93. The van der Waals surface area contributed by atoms with E-state index in [1.165, 1.54) is 4.90 Å². The van der Waals surface area contributed by atoms with Crippen LogP contribution in [0.4, 0.5) is 5.69 Å². The van der Waals surface area contributed by atoms with Crippen LogP contribution < -0.4 is 5.32 Å². The molecule has 136 valence electrons. The summed E-state index contributed by atoms with van der Waals surface area (Å²) in [5.41, 5.74) is 3.76. The van der Waals surface area contributed by atoms with Crippen molar-refractivity contribution in [3.05, 3.63) is 54.1 Å². The van der Waals surface area contributed by atoms with E-state index >= 15 is 0 Å². The summed E-state index contributed by atoms with van der Waals surface area (Å²) in [6.07, 6.45) is 3.19. The standard InChI is InChI=1S/C19H26N2O3S/c1-6-8-21(9-7-2)18(23)13-25(24)12-17(22)20-19-15(4)10-14(3)11-16(19)5/h6-7,10-11H,1-2,8-9,12-13H2,3-5H3,(H,20,22)/t25-/m0/s1. The summed E-state index contributed by atoms with van der Waals surface area (Å²) >= 11 is 0. The number of anilines is 1. The van der Waals surface area contributed by atoms with Crippen molar-refractivity contribution in [1.29, 1.82) is 0 Å². The van der Waals surface area contributed by atoms with Crippen molar-refractivity contribution in [2.75, 3.05) is 29.9 Å². The lowest BCUT2D eigenvalue weighted by atomic mass is 10.1. The van der Waals surface area contributed by atoms with E-state index in [2.05, 4.69) is 18.5 Å². The SMILES string of the molecule is C=CCN(CC=C)C(=O)C[S@@](=O)CC(=O)Nc1c(C)cc(C)cc1C. The Bertz CT molecular complexity index is 665. The number of nitrogens with one attached hydrogen (secondary N) is 1. The van der Waals surface area contributed by atoms with Gasteiger partial charge in [-0.25, -0.2) is 0 Å². The number of carbonyl (C=O) groups is 2. The van der Waals surface area contributed by atoms with Crippen molar-refractivity contribution < 1.29 is 13.8 Å². The van der Waals surface area contributed by atoms with Crippen LogP contribution in [0.15, 0.2) is 37.4 Å². The second-order valence-corrected chi connectivity index (χ2v) is 7.38. The van der Waals surface area contributed by atoms with Gasteiger partial charge in [-0.2, -0.15) is 0 Å². The van der Waals surface area contributed by atoms with E-state index in [1.54, 1.807) is 12.2 Å². The highest BCUT2D eigenvalue weighted by molar-refractivity contribution is 7.86. The van der Waals surface area contributed by atoms with Gasteiger partial charge in [-0.15, -0.1) is 13.2 Å². The molecule has 1 rings (SSSR count). The fraction of sp³-hybridized carbons (Fsp3) is 0.368. The third-order valence-electron chi connectivity index (χ3n) is 3.57. The van der Waals surface area contributed by atoms with Crippen LogP contribution in [0.3, 0.4) is 0 Å². The molecule has 2 amide bonds. The van der Waals surface area contributed by atoms with Crippen LogP contribution in [0.2, 0.25) is 0 Å². The molecule has 1 N–H and O–H groups in total. The smallest absolute Gasteiger partial charge is 0.237 e. The van der Waals surface area contributed by atoms with Gasteiger partial charge in [0.15, 0.2) is 0 Å². The van der Waals surface area contributed by atoms with Crippen molar-refractivity contribution in [3.63, 3.8) is 0 Å². The highest BCUT2D eigenvalue weighted by atomic mass is 32.2. The number of carbonyl (C=O) groups excluding carboxylic acids is 2. The van der Waals surface area contributed by atoms with E-state index in [9.17, 15) is 13.8 Å². The van der Waals surface area contributed by atoms with Crippen LogP contribution in [0.25, 0.3) is 0 Å². The average Bonchev–Trinajstić information content (AvgIpc) is 2.50. The molecule has 1 aromatic carbocycles. The summed E-state index contributed by atoms with van der Waals surface area (Å²) in [4.78, 5) is 25.8. The van der Waals surface area contributed by atoms with Gasteiger partial charge in [0.05, 0.1) is 0 Å². The topological polar surface area (TPSA) is 66.5 Å². The second-order valence-electron chi connectivity index (χ2n) is 5.93. The minimum absolute atomic E-state index is 0.193. The van der Waals surface area contributed by atoms with Gasteiger partial charge in [-0.05, 0) is 31.9 Å². The number of nitrogens with zero attached hydrogens (tertiary/aromatic N) is 1. The molecule has 0 aromatic heterocycles. The highest BCUT2D eigenvalue weighted by Gasteiger charge is 2.17. The number of amides is 2. The van der Waals surface area contributed by atoms with Crippen molar-refractivity contribution in [1.82, 2.24) is 4.90 Å². The fourth-order valence-electron chi connectivity index (χ4n) is 2.57. The van der Waals surface area contributed by atoms with Gasteiger partial charge in [0.2, 0.25) is 11.8 Å². The minimum atomic E-state index is -1.57. The summed E-state index contributed by atoms with van der Waals surface area (Å²) in [5.74, 6) is -1.05. The first-order chi connectivity index (χ1) is 11.8. The van der Waals surface area contributed by atoms with Crippen LogP contribution in [-0.2, 0) is 20.4 Å². The Morgan fingerprint density at radius 2 is 1.60 bits per heavy atom. The molecule has 0 radical (unpaired) electrons. The molecular formula is C19H26N2O3S. The Morgan fingerprint density at radius 1 is 1.08 bits per heavy atom. The quantitative estimate of drug-likeness (QED) is 0.687. The maximum absolute atomic E-state index is 12.2. The fourth-order valence-corrected chi connectivity index (χ4v) is 3.49. The number of rotatable bonds is 9. The molecule has 0 aliphatic rings. The Kier molecular flexibility index (Phi) is 8.28. The predicted octanol–water partition coefficient (Wildman–Crippen LogP) is 2.50. The zero-order chi connectivity index (χ0) is 19.0. The minimum Gasteiger partial charge on any atom is -0.334 e. The molecule has 5 nitrogen and oxygen atoms in total. The van der Waals surface area contributed by atoms with Crippen molar-refractivity contribution in [3.8, 4) is 0 Å². The Balaban J connectivity index is 2.65. The molecule has 0 saturated carbocycles. The first-order valence-corrected chi connectivity index (χ1v) is 9.49. The monoisotopic (exact) mass is 362 g/mol. The van der Waals surface area contributed by atoms with E-state index in [4.69, 9.17) is 0 Å². The Labute approximate surface area is 152 Å². The summed E-state index contributed by atoms with van der Waals surface area (Å²) in [6.45, 7) is 13.7. The van der Waals surface area contributed by atoms with Crippen molar-refractivity contribution >= 4 is 28.3 Å². The zero-order valence-electron chi connectivity index (χ0n) is 15.1. The van der Waals surface area contributed by atoms with Crippen LogP contribution in [0.1, 0.15) is 16.7 Å². The first-order valence-electron chi connectivity index (χ1n) is 8.00. The van der Waals surface area contributed by atoms with Crippen molar-refractivity contribution in [2.24, 2.45) is 0 Å². The Morgan fingerprint density at radius 3 is 2.08 bits per heavy atom. The molecular weight excluding hydrogens is 336 g/mol. The molecule has 0 bridgehead atoms. The molecule has 0 unspecified atom stereocenters. The first kappa shape index (κ1) is 20.8.